The predicted octanol–water partition coefficient (Wildman–Crippen LogP) is 2.59. The van der Waals surface area contributed by atoms with Crippen LogP contribution < -0.4 is 10.0 Å². The van der Waals surface area contributed by atoms with E-state index in [2.05, 4.69) is 22.0 Å². The zero-order chi connectivity index (χ0) is 18.0. The number of nitrogens with zero attached hydrogens (tertiary/aromatic N) is 3. The lowest BCUT2D eigenvalue weighted by Crippen LogP contribution is -2.34. The first kappa shape index (κ1) is 17.8. The second kappa shape index (κ2) is 7.09. The summed E-state index contributed by atoms with van der Waals surface area (Å²) in [7, 11) is -3.76. The third-order valence-corrected chi connectivity index (χ3v) is 5.67. The van der Waals surface area contributed by atoms with E-state index in [1.807, 2.05) is 25.1 Å². The SMILES string of the molecule is CCc1ccc(-c2ccc(N3CCC[C@@H](C)C3)nn2)cc1S(N)(=O)=O. The van der Waals surface area contributed by atoms with E-state index in [0.717, 1.165) is 18.9 Å². The number of hydrogen-bond donors (Lipinski definition) is 1. The molecule has 1 aromatic carbocycles. The maximum absolute atomic E-state index is 11.8. The first-order valence-corrected chi connectivity index (χ1v) is 10.2. The van der Waals surface area contributed by atoms with Crippen LogP contribution in [0.15, 0.2) is 35.2 Å². The van der Waals surface area contributed by atoms with Crippen molar-refractivity contribution in [3.63, 3.8) is 0 Å². The number of piperidine rings is 1. The van der Waals surface area contributed by atoms with Gasteiger partial charge in [0.15, 0.2) is 5.82 Å². The van der Waals surface area contributed by atoms with Crippen LogP contribution in [0.25, 0.3) is 11.3 Å². The molecule has 0 spiro atoms. The van der Waals surface area contributed by atoms with Crippen LogP contribution in [-0.2, 0) is 16.4 Å². The minimum absolute atomic E-state index is 0.156. The molecule has 2 aromatic rings. The highest BCUT2D eigenvalue weighted by Crippen LogP contribution is 2.26. The summed E-state index contributed by atoms with van der Waals surface area (Å²) in [6.45, 7) is 6.14. The summed E-state index contributed by atoms with van der Waals surface area (Å²) >= 11 is 0. The smallest absolute Gasteiger partial charge is 0.238 e. The Labute approximate surface area is 149 Å². The highest BCUT2D eigenvalue weighted by molar-refractivity contribution is 7.89. The van der Waals surface area contributed by atoms with Crippen molar-refractivity contribution in [2.24, 2.45) is 11.1 Å². The fourth-order valence-electron chi connectivity index (χ4n) is 3.32. The molecular formula is C18H24N4O2S. The lowest BCUT2D eigenvalue weighted by atomic mass is 10.0. The number of sulfonamides is 1. The molecule has 2 heterocycles. The van der Waals surface area contributed by atoms with Crippen LogP contribution in [-0.4, -0.2) is 31.7 Å². The molecule has 0 unspecified atom stereocenters. The van der Waals surface area contributed by atoms with E-state index in [-0.39, 0.29) is 4.90 Å². The van der Waals surface area contributed by atoms with Crippen molar-refractivity contribution in [1.82, 2.24) is 10.2 Å². The van der Waals surface area contributed by atoms with E-state index in [1.54, 1.807) is 12.1 Å². The molecule has 0 bridgehead atoms. The first-order chi connectivity index (χ1) is 11.9. The van der Waals surface area contributed by atoms with Crippen LogP contribution in [0.5, 0.6) is 0 Å². The minimum atomic E-state index is -3.76. The van der Waals surface area contributed by atoms with Gasteiger partial charge in [-0.05, 0) is 48.9 Å². The van der Waals surface area contributed by atoms with Crippen molar-refractivity contribution < 1.29 is 8.42 Å². The van der Waals surface area contributed by atoms with Crippen LogP contribution in [0.1, 0.15) is 32.3 Å². The first-order valence-electron chi connectivity index (χ1n) is 8.63. The summed E-state index contributed by atoms with van der Waals surface area (Å²) in [4.78, 5) is 2.41. The molecule has 7 heteroatoms. The van der Waals surface area contributed by atoms with Gasteiger partial charge in [-0.2, -0.15) is 0 Å². The Morgan fingerprint density at radius 3 is 2.64 bits per heavy atom. The molecule has 1 aliphatic heterocycles. The largest absolute Gasteiger partial charge is 0.355 e. The molecule has 0 aliphatic carbocycles. The van der Waals surface area contributed by atoms with Gasteiger partial charge >= 0.3 is 0 Å². The number of benzene rings is 1. The van der Waals surface area contributed by atoms with Crippen LogP contribution in [0.4, 0.5) is 5.82 Å². The fourth-order valence-corrected chi connectivity index (χ4v) is 4.19. The summed E-state index contributed by atoms with van der Waals surface area (Å²) < 4.78 is 23.6. The molecule has 1 fully saturated rings. The van der Waals surface area contributed by atoms with Gasteiger partial charge in [-0.15, -0.1) is 10.2 Å². The third kappa shape index (κ3) is 3.99. The van der Waals surface area contributed by atoms with Crippen molar-refractivity contribution >= 4 is 15.8 Å². The average molecular weight is 360 g/mol. The molecule has 1 atom stereocenters. The Kier molecular flexibility index (Phi) is 5.06. The number of hydrogen-bond acceptors (Lipinski definition) is 5. The highest BCUT2D eigenvalue weighted by atomic mass is 32.2. The molecule has 2 N–H and O–H groups in total. The lowest BCUT2D eigenvalue weighted by molar-refractivity contribution is 0.444. The number of nitrogens with two attached hydrogens (primary N) is 1. The summed E-state index contributed by atoms with van der Waals surface area (Å²) in [5, 5.41) is 14.0. The van der Waals surface area contributed by atoms with Gasteiger partial charge in [0.2, 0.25) is 10.0 Å². The van der Waals surface area contributed by atoms with Crippen molar-refractivity contribution in [1.29, 1.82) is 0 Å². The van der Waals surface area contributed by atoms with Gasteiger partial charge in [0.25, 0.3) is 0 Å². The summed E-state index contributed by atoms with van der Waals surface area (Å²) in [6.07, 6.45) is 3.02. The summed E-state index contributed by atoms with van der Waals surface area (Å²) in [6, 6.07) is 9.07. The zero-order valence-corrected chi connectivity index (χ0v) is 15.5. The maximum atomic E-state index is 11.8. The zero-order valence-electron chi connectivity index (χ0n) is 14.6. The molecule has 3 rings (SSSR count). The quantitative estimate of drug-likeness (QED) is 0.905. The van der Waals surface area contributed by atoms with E-state index in [1.165, 1.54) is 12.8 Å². The molecule has 25 heavy (non-hydrogen) atoms. The molecule has 0 amide bonds. The molecule has 0 saturated carbocycles. The summed E-state index contributed by atoms with van der Waals surface area (Å²) in [5.41, 5.74) is 2.05. The van der Waals surface area contributed by atoms with Crippen molar-refractivity contribution in [2.45, 2.75) is 38.0 Å². The maximum Gasteiger partial charge on any atom is 0.238 e. The third-order valence-electron chi connectivity index (χ3n) is 4.68. The minimum Gasteiger partial charge on any atom is -0.355 e. The van der Waals surface area contributed by atoms with Gasteiger partial charge in [0.05, 0.1) is 10.6 Å². The lowest BCUT2D eigenvalue weighted by Gasteiger charge is -2.31. The molecular weight excluding hydrogens is 336 g/mol. The van der Waals surface area contributed by atoms with Crippen molar-refractivity contribution in [2.75, 3.05) is 18.0 Å². The van der Waals surface area contributed by atoms with E-state index < -0.39 is 10.0 Å². The Balaban J connectivity index is 1.90. The Morgan fingerprint density at radius 2 is 2.04 bits per heavy atom. The molecule has 134 valence electrons. The second-order valence-corrected chi connectivity index (χ2v) is 8.22. The average Bonchev–Trinajstić information content (AvgIpc) is 2.60. The number of aryl methyl sites for hydroxylation is 1. The van der Waals surface area contributed by atoms with Crippen molar-refractivity contribution in [3.05, 3.63) is 35.9 Å². The molecule has 1 saturated heterocycles. The molecule has 0 radical (unpaired) electrons. The fraction of sp³-hybridized carbons (Fsp3) is 0.444. The monoisotopic (exact) mass is 360 g/mol. The molecule has 1 aliphatic rings. The van der Waals surface area contributed by atoms with Gasteiger partial charge < -0.3 is 4.90 Å². The number of anilines is 1. The number of primary sulfonamides is 1. The molecule has 1 aromatic heterocycles. The van der Waals surface area contributed by atoms with Gasteiger partial charge in [0, 0.05) is 18.7 Å². The Hall–Kier alpha value is -1.99. The second-order valence-electron chi connectivity index (χ2n) is 6.69. The van der Waals surface area contributed by atoms with Crippen LogP contribution in [0.3, 0.4) is 0 Å². The van der Waals surface area contributed by atoms with E-state index in [9.17, 15) is 8.42 Å². The van der Waals surface area contributed by atoms with Crippen LogP contribution in [0, 0.1) is 5.92 Å². The van der Waals surface area contributed by atoms with Crippen LogP contribution in [0.2, 0.25) is 0 Å². The van der Waals surface area contributed by atoms with Gasteiger partial charge in [0.1, 0.15) is 0 Å². The number of aromatic nitrogens is 2. The van der Waals surface area contributed by atoms with E-state index in [4.69, 9.17) is 5.14 Å². The van der Waals surface area contributed by atoms with Gasteiger partial charge in [-0.1, -0.05) is 26.0 Å². The van der Waals surface area contributed by atoms with Gasteiger partial charge in [-0.3, -0.25) is 0 Å². The standard InChI is InChI=1S/C18H24N4O2S/c1-3-14-6-7-15(11-17(14)25(19,23)24)16-8-9-18(21-20-16)22-10-4-5-13(2)12-22/h6-9,11,13H,3-5,10,12H2,1-2H3,(H2,19,23,24)/t13-/m1/s1. The molecule has 6 nitrogen and oxygen atoms in total. The summed E-state index contributed by atoms with van der Waals surface area (Å²) in [5.74, 6) is 1.53. The topological polar surface area (TPSA) is 89.2 Å². The Morgan fingerprint density at radius 1 is 1.24 bits per heavy atom. The van der Waals surface area contributed by atoms with Gasteiger partial charge in [-0.25, -0.2) is 13.6 Å². The Bertz CT molecular complexity index is 850. The van der Waals surface area contributed by atoms with E-state index >= 15 is 0 Å². The van der Waals surface area contributed by atoms with Crippen LogP contribution >= 0.6 is 0 Å². The predicted molar refractivity (Wildman–Crippen MR) is 98.8 cm³/mol. The van der Waals surface area contributed by atoms with E-state index in [0.29, 0.717) is 29.2 Å². The number of rotatable bonds is 4. The normalized spacial score (nSPS) is 18.4. The highest BCUT2D eigenvalue weighted by Gasteiger charge is 2.18. The van der Waals surface area contributed by atoms with Crippen molar-refractivity contribution in [3.8, 4) is 11.3 Å².